The van der Waals surface area contributed by atoms with E-state index in [2.05, 4.69) is 20.4 Å². The summed E-state index contributed by atoms with van der Waals surface area (Å²) in [7, 11) is 1.62. The van der Waals surface area contributed by atoms with Crippen LogP contribution in [0, 0.1) is 0 Å². The fourth-order valence-corrected chi connectivity index (χ4v) is 1.62. The highest BCUT2D eigenvalue weighted by atomic mass is 19.4. The van der Waals surface area contributed by atoms with Crippen LogP contribution in [0.25, 0.3) is 0 Å². The molecule has 0 spiro atoms. The quantitative estimate of drug-likeness (QED) is 0.936. The third-order valence-electron chi connectivity index (χ3n) is 2.73. The molecule has 2 aromatic heterocycles. The van der Waals surface area contributed by atoms with Crippen molar-refractivity contribution in [2.45, 2.75) is 19.1 Å². The van der Waals surface area contributed by atoms with E-state index in [9.17, 15) is 18.0 Å². The Labute approximate surface area is 118 Å². The van der Waals surface area contributed by atoms with E-state index in [0.29, 0.717) is 5.56 Å². The normalized spacial score (nSPS) is 13.0. The fraction of sp³-hybridized carbons (Fsp3) is 0.333. The molecule has 6 nitrogen and oxygen atoms in total. The molecule has 2 aromatic rings. The number of carbonyl (C=O) groups is 1. The van der Waals surface area contributed by atoms with E-state index in [0.717, 1.165) is 12.3 Å². The minimum Gasteiger partial charge on any atom is -0.343 e. The molecule has 0 saturated carbocycles. The molecule has 1 amide bonds. The zero-order valence-corrected chi connectivity index (χ0v) is 11.2. The zero-order valence-electron chi connectivity index (χ0n) is 11.2. The lowest BCUT2D eigenvalue weighted by Crippen LogP contribution is -2.28. The fourth-order valence-electron chi connectivity index (χ4n) is 1.62. The SMILES string of the molecule is C[C@H](NC(=O)c1ncn(C)n1)c1ccc(C(F)(F)F)nc1. The average Bonchev–Trinajstić information content (AvgIpc) is 2.84. The molecule has 0 aliphatic carbocycles. The molecule has 0 aliphatic heterocycles. The van der Waals surface area contributed by atoms with Crippen molar-refractivity contribution in [1.29, 1.82) is 0 Å². The second-order valence-corrected chi connectivity index (χ2v) is 4.41. The second kappa shape index (κ2) is 5.51. The molecule has 0 radical (unpaired) electrons. The monoisotopic (exact) mass is 299 g/mol. The first kappa shape index (κ1) is 14.9. The first-order valence-corrected chi connectivity index (χ1v) is 5.97. The molecule has 0 unspecified atom stereocenters. The number of halogens is 3. The lowest BCUT2D eigenvalue weighted by molar-refractivity contribution is -0.141. The molecule has 0 aromatic carbocycles. The number of carbonyl (C=O) groups excluding carboxylic acids is 1. The van der Waals surface area contributed by atoms with Gasteiger partial charge in [0.1, 0.15) is 12.0 Å². The van der Waals surface area contributed by atoms with Crippen molar-refractivity contribution in [1.82, 2.24) is 25.1 Å². The van der Waals surface area contributed by atoms with Crippen LogP contribution in [0.15, 0.2) is 24.7 Å². The largest absolute Gasteiger partial charge is 0.433 e. The maximum Gasteiger partial charge on any atom is 0.433 e. The minimum atomic E-state index is -4.48. The van der Waals surface area contributed by atoms with Gasteiger partial charge in [0.25, 0.3) is 5.91 Å². The van der Waals surface area contributed by atoms with Gasteiger partial charge in [0, 0.05) is 13.2 Å². The van der Waals surface area contributed by atoms with Gasteiger partial charge in [0.15, 0.2) is 0 Å². The summed E-state index contributed by atoms with van der Waals surface area (Å²) < 4.78 is 38.6. The molecule has 2 heterocycles. The van der Waals surface area contributed by atoms with Crippen LogP contribution >= 0.6 is 0 Å². The van der Waals surface area contributed by atoms with Gasteiger partial charge in [-0.25, -0.2) is 4.98 Å². The number of rotatable bonds is 3. The van der Waals surface area contributed by atoms with Gasteiger partial charge in [-0.1, -0.05) is 6.07 Å². The number of amides is 1. The summed E-state index contributed by atoms with van der Waals surface area (Å²) in [4.78, 5) is 18.9. The third kappa shape index (κ3) is 3.56. The summed E-state index contributed by atoms with van der Waals surface area (Å²) in [5.74, 6) is -0.521. The number of pyridine rings is 1. The summed E-state index contributed by atoms with van der Waals surface area (Å²) in [6, 6.07) is 1.62. The van der Waals surface area contributed by atoms with Gasteiger partial charge < -0.3 is 5.32 Å². The highest BCUT2D eigenvalue weighted by molar-refractivity contribution is 5.90. The van der Waals surface area contributed by atoms with E-state index in [-0.39, 0.29) is 5.82 Å². The molecule has 112 valence electrons. The summed E-state index contributed by atoms with van der Waals surface area (Å²) in [6.07, 6.45) is -2.03. The van der Waals surface area contributed by atoms with Crippen LogP contribution < -0.4 is 5.32 Å². The number of alkyl halides is 3. The van der Waals surface area contributed by atoms with Gasteiger partial charge in [-0.05, 0) is 18.6 Å². The van der Waals surface area contributed by atoms with Gasteiger partial charge in [-0.3, -0.25) is 14.5 Å². The molecule has 2 rings (SSSR count). The van der Waals surface area contributed by atoms with Crippen LogP contribution in [0.4, 0.5) is 13.2 Å². The standard InChI is InChI=1S/C12H12F3N5O/c1-7(18-11(21)10-17-6-20(2)19-10)8-3-4-9(16-5-8)12(13,14)15/h3-7H,1-2H3,(H,18,21)/t7-/m0/s1. The predicted molar refractivity (Wildman–Crippen MR) is 66.1 cm³/mol. The molecule has 0 saturated heterocycles. The van der Waals surface area contributed by atoms with Gasteiger partial charge in [0.05, 0.1) is 6.04 Å². The van der Waals surface area contributed by atoms with Crippen molar-refractivity contribution < 1.29 is 18.0 Å². The number of hydrogen-bond donors (Lipinski definition) is 1. The molecule has 21 heavy (non-hydrogen) atoms. The van der Waals surface area contributed by atoms with E-state index in [1.165, 1.54) is 17.1 Å². The Kier molecular flexibility index (Phi) is 3.92. The van der Waals surface area contributed by atoms with Crippen molar-refractivity contribution in [3.8, 4) is 0 Å². The van der Waals surface area contributed by atoms with Crippen molar-refractivity contribution in [2.24, 2.45) is 7.05 Å². The van der Waals surface area contributed by atoms with E-state index in [1.54, 1.807) is 14.0 Å². The number of nitrogens with zero attached hydrogens (tertiary/aromatic N) is 4. The summed E-state index contributed by atoms with van der Waals surface area (Å²) >= 11 is 0. The summed E-state index contributed by atoms with van der Waals surface area (Å²) in [5.41, 5.74) is -0.525. The Morgan fingerprint density at radius 2 is 2.05 bits per heavy atom. The van der Waals surface area contributed by atoms with E-state index >= 15 is 0 Å². The molecule has 0 bridgehead atoms. The Morgan fingerprint density at radius 3 is 2.52 bits per heavy atom. The third-order valence-corrected chi connectivity index (χ3v) is 2.73. The van der Waals surface area contributed by atoms with E-state index in [4.69, 9.17) is 0 Å². The van der Waals surface area contributed by atoms with Crippen LogP contribution in [-0.4, -0.2) is 25.7 Å². The Bertz CT molecular complexity index is 635. The Hall–Kier alpha value is -2.45. The number of aryl methyl sites for hydroxylation is 1. The first-order valence-electron chi connectivity index (χ1n) is 5.97. The van der Waals surface area contributed by atoms with Crippen LogP contribution in [0.2, 0.25) is 0 Å². The predicted octanol–water partition coefficient (Wildman–Crippen LogP) is 1.72. The summed E-state index contributed by atoms with van der Waals surface area (Å²) in [6.45, 7) is 1.63. The van der Waals surface area contributed by atoms with Gasteiger partial charge in [-0.2, -0.15) is 13.2 Å². The number of aromatic nitrogens is 4. The van der Waals surface area contributed by atoms with Crippen LogP contribution in [-0.2, 0) is 13.2 Å². The highest BCUT2D eigenvalue weighted by Crippen LogP contribution is 2.27. The molecule has 1 atom stereocenters. The number of nitrogens with one attached hydrogen (secondary N) is 1. The minimum absolute atomic E-state index is 0.00998. The average molecular weight is 299 g/mol. The van der Waals surface area contributed by atoms with Gasteiger partial charge >= 0.3 is 6.18 Å². The Morgan fingerprint density at radius 1 is 1.33 bits per heavy atom. The maximum absolute atomic E-state index is 12.4. The maximum atomic E-state index is 12.4. The van der Waals surface area contributed by atoms with Crippen molar-refractivity contribution in [2.75, 3.05) is 0 Å². The topological polar surface area (TPSA) is 72.7 Å². The van der Waals surface area contributed by atoms with E-state index in [1.807, 2.05) is 0 Å². The van der Waals surface area contributed by atoms with Crippen LogP contribution in [0.1, 0.15) is 34.8 Å². The molecular formula is C12H12F3N5O. The van der Waals surface area contributed by atoms with Gasteiger partial charge in [0.2, 0.25) is 5.82 Å². The van der Waals surface area contributed by atoms with Crippen molar-refractivity contribution in [3.63, 3.8) is 0 Å². The summed E-state index contributed by atoms with van der Waals surface area (Å²) in [5, 5.41) is 6.42. The first-order chi connectivity index (χ1) is 9.77. The lowest BCUT2D eigenvalue weighted by atomic mass is 10.1. The molecule has 0 aliphatic rings. The smallest absolute Gasteiger partial charge is 0.343 e. The zero-order chi connectivity index (χ0) is 15.6. The van der Waals surface area contributed by atoms with Crippen molar-refractivity contribution in [3.05, 3.63) is 41.7 Å². The second-order valence-electron chi connectivity index (χ2n) is 4.41. The highest BCUT2D eigenvalue weighted by Gasteiger charge is 2.32. The molecule has 0 fully saturated rings. The van der Waals surface area contributed by atoms with E-state index < -0.39 is 23.8 Å². The van der Waals surface area contributed by atoms with Crippen LogP contribution in [0.5, 0.6) is 0 Å². The molecule has 1 N–H and O–H groups in total. The molecule has 9 heteroatoms. The number of hydrogen-bond acceptors (Lipinski definition) is 4. The van der Waals surface area contributed by atoms with Crippen LogP contribution in [0.3, 0.4) is 0 Å². The lowest BCUT2D eigenvalue weighted by Gasteiger charge is -2.13. The van der Waals surface area contributed by atoms with Crippen molar-refractivity contribution >= 4 is 5.91 Å². The molecular weight excluding hydrogens is 287 g/mol. The Balaban J connectivity index is 2.06. The van der Waals surface area contributed by atoms with Gasteiger partial charge in [-0.15, -0.1) is 5.10 Å².